The van der Waals surface area contributed by atoms with Crippen LogP contribution in [-0.2, 0) is 4.74 Å². The fourth-order valence-electron chi connectivity index (χ4n) is 4.28. The highest BCUT2D eigenvalue weighted by molar-refractivity contribution is 5.69. The molecule has 1 aliphatic carbocycles. The van der Waals surface area contributed by atoms with Crippen LogP contribution < -0.4 is 14.8 Å². The van der Waals surface area contributed by atoms with Crippen molar-refractivity contribution in [1.82, 2.24) is 9.97 Å². The summed E-state index contributed by atoms with van der Waals surface area (Å²) >= 11 is 0. The van der Waals surface area contributed by atoms with Gasteiger partial charge in [0.05, 0.1) is 12.2 Å². The number of nitrogens with one attached hydrogen (secondary N) is 1. The average Bonchev–Trinajstić information content (AvgIpc) is 2.80. The second-order valence-corrected chi connectivity index (χ2v) is 8.95. The molecular weight excluding hydrogens is 435 g/mol. The first-order valence-electron chi connectivity index (χ1n) is 11.6. The van der Waals surface area contributed by atoms with Gasteiger partial charge in [-0.05, 0) is 68.1 Å². The molecule has 1 N–H and O–H groups in total. The van der Waals surface area contributed by atoms with Gasteiger partial charge in [-0.3, -0.25) is 0 Å². The van der Waals surface area contributed by atoms with Gasteiger partial charge in [-0.15, -0.1) is 13.2 Å². The van der Waals surface area contributed by atoms with Gasteiger partial charge in [-0.1, -0.05) is 19.1 Å². The van der Waals surface area contributed by atoms with Crippen LogP contribution in [0.3, 0.4) is 0 Å². The van der Waals surface area contributed by atoms with E-state index < -0.39 is 6.36 Å². The highest BCUT2D eigenvalue weighted by Crippen LogP contribution is 2.33. The highest BCUT2D eigenvalue weighted by Gasteiger charge is 2.31. The number of hydrogen-bond donors (Lipinski definition) is 1. The predicted octanol–water partition coefficient (Wildman–Crippen LogP) is 5.84. The Hall–Kier alpha value is -2.55. The number of hydrogen-bond acceptors (Lipinski definition) is 6. The predicted molar refractivity (Wildman–Crippen MR) is 118 cm³/mol. The number of anilines is 1. The van der Waals surface area contributed by atoms with Crippen molar-refractivity contribution in [3.05, 3.63) is 30.5 Å². The molecule has 1 aliphatic heterocycles. The molecule has 0 radical (unpaired) electrons. The summed E-state index contributed by atoms with van der Waals surface area (Å²) in [7, 11) is 0. The van der Waals surface area contributed by atoms with Crippen molar-refractivity contribution in [2.75, 3.05) is 25.1 Å². The molecule has 2 fully saturated rings. The quantitative estimate of drug-likeness (QED) is 0.554. The number of alkyl halides is 3. The van der Waals surface area contributed by atoms with E-state index in [9.17, 15) is 13.2 Å². The molecule has 1 aromatic heterocycles. The Morgan fingerprint density at radius 1 is 1.03 bits per heavy atom. The summed E-state index contributed by atoms with van der Waals surface area (Å²) in [5, 5.41) is 3.43. The van der Waals surface area contributed by atoms with Crippen molar-refractivity contribution in [2.24, 2.45) is 11.8 Å². The Labute approximate surface area is 191 Å². The number of halogens is 3. The summed E-state index contributed by atoms with van der Waals surface area (Å²) < 4.78 is 53.0. The molecule has 0 atom stereocenters. The van der Waals surface area contributed by atoms with Gasteiger partial charge in [0.2, 0.25) is 11.8 Å². The third-order valence-electron chi connectivity index (χ3n) is 6.30. The van der Waals surface area contributed by atoms with E-state index in [0.717, 1.165) is 44.8 Å². The molecule has 6 nitrogen and oxygen atoms in total. The van der Waals surface area contributed by atoms with Crippen LogP contribution in [0.25, 0.3) is 11.1 Å². The summed E-state index contributed by atoms with van der Waals surface area (Å²) in [6.45, 7) is 4.22. The third kappa shape index (κ3) is 6.96. The third-order valence-corrected chi connectivity index (χ3v) is 6.30. The zero-order chi connectivity index (χ0) is 23.3. The molecule has 0 bridgehead atoms. The molecular formula is C24H30F3N3O3. The molecule has 33 heavy (non-hydrogen) atoms. The minimum atomic E-state index is -4.73. The summed E-state index contributed by atoms with van der Waals surface area (Å²) in [5.74, 6) is 1.78. The SMILES string of the molecule is CC1CCC(Nc2ncc(-c3ccc(OC(F)(F)F)cc3)c(OCC3CCOCC3)n2)CC1. The van der Waals surface area contributed by atoms with Gasteiger partial charge < -0.3 is 19.5 Å². The number of ether oxygens (including phenoxy) is 3. The Morgan fingerprint density at radius 3 is 2.39 bits per heavy atom. The Balaban J connectivity index is 1.52. The van der Waals surface area contributed by atoms with Crippen LogP contribution in [-0.4, -0.2) is 42.2 Å². The minimum absolute atomic E-state index is 0.276. The lowest BCUT2D eigenvalue weighted by Gasteiger charge is -2.27. The summed E-state index contributed by atoms with van der Waals surface area (Å²) in [6.07, 6.45) is 3.29. The molecule has 2 heterocycles. The van der Waals surface area contributed by atoms with E-state index in [4.69, 9.17) is 9.47 Å². The molecule has 4 rings (SSSR count). The van der Waals surface area contributed by atoms with E-state index >= 15 is 0 Å². The zero-order valence-electron chi connectivity index (χ0n) is 18.7. The lowest BCUT2D eigenvalue weighted by atomic mass is 9.87. The smallest absolute Gasteiger partial charge is 0.477 e. The summed E-state index contributed by atoms with van der Waals surface area (Å²) in [5.41, 5.74) is 1.29. The molecule has 1 saturated carbocycles. The van der Waals surface area contributed by atoms with Crippen LogP contribution in [0.4, 0.5) is 19.1 Å². The lowest BCUT2D eigenvalue weighted by Crippen LogP contribution is -2.26. The van der Waals surface area contributed by atoms with Gasteiger partial charge in [-0.2, -0.15) is 4.98 Å². The first-order chi connectivity index (χ1) is 15.9. The fraction of sp³-hybridized carbons (Fsp3) is 0.583. The molecule has 0 spiro atoms. The maximum atomic E-state index is 12.5. The summed E-state index contributed by atoms with van der Waals surface area (Å²) in [6, 6.07) is 5.99. The lowest BCUT2D eigenvalue weighted by molar-refractivity contribution is -0.274. The van der Waals surface area contributed by atoms with Crippen molar-refractivity contribution in [3.8, 4) is 22.8 Å². The molecule has 1 saturated heterocycles. The van der Waals surface area contributed by atoms with Crippen molar-refractivity contribution in [3.63, 3.8) is 0 Å². The van der Waals surface area contributed by atoms with E-state index in [0.29, 0.717) is 41.5 Å². The van der Waals surface area contributed by atoms with Gasteiger partial charge in [0.25, 0.3) is 0 Å². The molecule has 2 aliphatic rings. The van der Waals surface area contributed by atoms with Crippen LogP contribution in [0.2, 0.25) is 0 Å². The number of nitrogens with zero attached hydrogens (tertiary/aromatic N) is 2. The monoisotopic (exact) mass is 465 g/mol. The van der Waals surface area contributed by atoms with Gasteiger partial charge in [0.15, 0.2) is 0 Å². The fourth-order valence-corrected chi connectivity index (χ4v) is 4.28. The normalized spacial score (nSPS) is 22.1. The topological polar surface area (TPSA) is 65.5 Å². The number of benzene rings is 1. The maximum Gasteiger partial charge on any atom is 0.573 e. The second-order valence-electron chi connectivity index (χ2n) is 8.95. The van der Waals surface area contributed by atoms with Gasteiger partial charge in [-0.25, -0.2) is 4.98 Å². The molecule has 1 aromatic carbocycles. The number of rotatable bonds is 7. The highest BCUT2D eigenvalue weighted by atomic mass is 19.4. The van der Waals surface area contributed by atoms with Crippen LogP contribution in [0.5, 0.6) is 11.6 Å². The molecule has 0 unspecified atom stereocenters. The first-order valence-corrected chi connectivity index (χ1v) is 11.6. The average molecular weight is 466 g/mol. The zero-order valence-corrected chi connectivity index (χ0v) is 18.7. The largest absolute Gasteiger partial charge is 0.573 e. The van der Waals surface area contributed by atoms with E-state index in [1.165, 1.54) is 25.0 Å². The van der Waals surface area contributed by atoms with Crippen molar-refractivity contribution >= 4 is 5.95 Å². The van der Waals surface area contributed by atoms with Gasteiger partial charge in [0.1, 0.15) is 5.75 Å². The van der Waals surface area contributed by atoms with Crippen LogP contribution >= 0.6 is 0 Å². The Kier molecular flexibility index (Phi) is 7.57. The van der Waals surface area contributed by atoms with Crippen molar-refractivity contribution in [2.45, 2.75) is 57.9 Å². The van der Waals surface area contributed by atoms with Crippen LogP contribution in [0.1, 0.15) is 45.4 Å². The molecule has 180 valence electrons. The Morgan fingerprint density at radius 2 is 1.73 bits per heavy atom. The minimum Gasteiger partial charge on any atom is -0.477 e. The van der Waals surface area contributed by atoms with Crippen LogP contribution in [0.15, 0.2) is 30.5 Å². The molecule has 9 heteroatoms. The van der Waals surface area contributed by atoms with Crippen molar-refractivity contribution < 1.29 is 27.4 Å². The standard InChI is InChI=1S/C24H30F3N3O3/c1-16-2-6-19(7-3-16)29-23-28-14-21(18-4-8-20(9-5-18)33-24(25,26)27)22(30-23)32-15-17-10-12-31-13-11-17/h4-5,8-9,14,16-17,19H,2-3,6-7,10-13,15H2,1H3,(H,28,29,30). The Bertz CT molecular complexity index is 894. The molecule has 2 aromatic rings. The van der Waals surface area contributed by atoms with E-state index in [2.05, 4.69) is 26.9 Å². The van der Waals surface area contributed by atoms with E-state index in [-0.39, 0.29) is 5.75 Å². The van der Waals surface area contributed by atoms with Gasteiger partial charge in [0, 0.05) is 25.5 Å². The van der Waals surface area contributed by atoms with Crippen LogP contribution in [0, 0.1) is 11.8 Å². The molecule has 0 amide bonds. The second kappa shape index (κ2) is 10.6. The van der Waals surface area contributed by atoms with Crippen molar-refractivity contribution in [1.29, 1.82) is 0 Å². The maximum absolute atomic E-state index is 12.5. The van der Waals surface area contributed by atoms with Gasteiger partial charge >= 0.3 is 6.36 Å². The van der Waals surface area contributed by atoms with E-state index in [1.54, 1.807) is 18.3 Å². The van der Waals surface area contributed by atoms with E-state index in [1.807, 2.05) is 0 Å². The number of aromatic nitrogens is 2. The first kappa shape index (κ1) is 23.6. The summed E-state index contributed by atoms with van der Waals surface area (Å²) in [4.78, 5) is 9.11.